The van der Waals surface area contributed by atoms with Crippen molar-refractivity contribution in [3.8, 4) is 0 Å². The van der Waals surface area contributed by atoms with Gasteiger partial charge in [0.15, 0.2) is 0 Å². The lowest BCUT2D eigenvalue weighted by molar-refractivity contribution is 0.181. The maximum Gasteiger partial charge on any atom is 0.145 e. The summed E-state index contributed by atoms with van der Waals surface area (Å²) in [6.45, 7) is -0.0840. The van der Waals surface area contributed by atoms with Crippen LogP contribution < -0.4 is 5.32 Å². The molecule has 134 valence electrons. The number of anilines is 1. The Kier molecular flexibility index (Phi) is 6.14. The second kappa shape index (κ2) is 8.73. The molecular weight excluding hydrogens is 356 g/mol. The number of benzene rings is 2. The highest BCUT2D eigenvalue weighted by atomic mass is 32.2. The molecule has 1 atom stereocenters. The molecule has 0 amide bonds. The number of halogens is 2. The van der Waals surface area contributed by atoms with Gasteiger partial charge in [0.25, 0.3) is 0 Å². The van der Waals surface area contributed by atoms with Gasteiger partial charge in [0.1, 0.15) is 28.6 Å². The molecule has 26 heavy (non-hydrogen) atoms. The van der Waals surface area contributed by atoms with Gasteiger partial charge in [-0.1, -0.05) is 36.4 Å². The number of nitrogens with zero attached hydrogens (tertiary/aromatic N) is 2. The number of aliphatic hydroxyl groups is 1. The third-order valence-corrected chi connectivity index (χ3v) is 4.62. The molecule has 0 aliphatic heterocycles. The van der Waals surface area contributed by atoms with Crippen LogP contribution in [-0.4, -0.2) is 21.6 Å². The van der Waals surface area contributed by atoms with Crippen LogP contribution in [0.3, 0.4) is 0 Å². The zero-order chi connectivity index (χ0) is 18.4. The Balaban J connectivity index is 1.60. The van der Waals surface area contributed by atoms with Crippen LogP contribution in [0.15, 0.2) is 66.0 Å². The number of rotatable bonds is 7. The van der Waals surface area contributed by atoms with E-state index in [-0.39, 0.29) is 12.1 Å². The highest BCUT2D eigenvalue weighted by Gasteiger charge is 2.17. The van der Waals surface area contributed by atoms with Crippen molar-refractivity contribution >= 4 is 17.6 Å². The van der Waals surface area contributed by atoms with Crippen molar-refractivity contribution in [3.63, 3.8) is 0 Å². The average molecular weight is 373 g/mol. The van der Waals surface area contributed by atoms with E-state index in [1.807, 2.05) is 30.3 Å². The summed E-state index contributed by atoms with van der Waals surface area (Å²) >= 11 is 1.53. The molecule has 2 aromatic carbocycles. The molecule has 3 rings (SSSR count). The Morgan fingerprint density at radius 2 is 1.73 bits per heavy atom. The molecule has 0 saturated carbocycles. The van der Waals surface area contributed by atoms with Crippen LogP contribution >= 0.6 is 11.8 Å². The summed E-state index contributed by atoms with van der Waals surface area (Å²) in [4.78, 5) is 8.50. The Morgan fingerprint density at radius 3 is 2.46 bits per heavy atom. The number of hydrogen-bond donors (Lipinski definition) is 2. The fourth-order valence-electron chi connectivity index (χ4n) is 2.37. The molecule has 4 nitrogen and oxygen atoms in total. The first-order valence-corrected chi connectivity index (χ1v) is 8.96. The molecule has 0 spiro atoms. The van der Waals surface area contributed by atoms with Crippen LogP contribution in [-0.2, 0) is 5.75 Å². The molecule has 1 aromatic heterocycles. The molecule has 1 unspecified atom stereocenters. The van der Waals surface area contributed by atoms with E-state index in [1.54, 1.807) is 6.20 Å². The van der Waals surface area contributed by atoms with E-state index >= 15 is 0 Å². The number of aliphatic hydroxyl groups excluding tert-OH is 1. The van der Waals surface area contributed by atoms with Crippen LogP contribution in [0.25, 0.3) is 0 Å². The van der Waals surface area contributed by atoms with Crippen LogP contribution in [0.4, 0.5) is 14.6 Å². The van der Waals surface area contributed by atoms with E-state index in [0.29, 0.717) is 10.8 Å². The fraction of sp³-hybridized carbons (Fsp3) is 0.158. The average Bonchev–Trinajstić information content (AvgIpc) is 2.66. The molecule has 1 heterocycles. The van der Waals surface area contributed by atoms with E-state index in [2.05, 4.69) is 15.3 Å². The van der Waals surface area contributed by atoms with Crippen LogP contribution in [0, 0.1) is 11.6 Å². The van der Waals surface area contributed by atoms with Gasteiger partial charge in [-0.3, -0.25) is 4.98 Å². The van der Waals surface area contributed by atoms with E-state index < -0.39 is 17.7 Å². The minimum absolute atomic E-state index is 0.0840. The highest BCUT2D eigenvalue weighted by molar-refractivity contribution is 7.98. The van der Waals surface area contributed by atoms with Gasteiger partial charge >= 0.3 is 0 Å². The molecule has 0 aliphatic rings. The normalized spacial score (nSPS) is 12.0. The van der Waals surface area contributed by atoms with Gasteiger partial charge in [0.05, 0.1) is 18.0 Å². The second-order valence-corrected chi connectivity index (χ2v) is 6.54. The number of thioether (sulfide) groups is 1. The molecule has 2 N–H and O–H groups in total. The lowest BCUT2D eigenvalue weighted by Gasteiger charge is -2.14. The molecular formula is C19H17F2N3OS. The topological polar surface area (TPSA) is 58.0 Å². The van der Waals surface area contributed by atoms with Gasteiger partial charge in [-0.15, -0.1) is 11.8 Å². The number of hydrogen-bond acceptors (Lipinski definition) is 5. The van der Waals surface area contributed by atoms with Crippen molar-refractivity contribution in [2.75, 3.05) is 11.9 Å². The summed E-state index contributed by atoms with van der Waals surface area (Å²) in [7, 11) is 0. The summed E-state index contributed by atoms with van der Waals surface area (Å²) in [5.74, 6) is -0.379. The maximum atomic E-state index is 13.7. The SMILES string of the molecule is OC(CNc1cncc(SCc2ccccc2)n1)c1c(F)cccc1F. The first-order chi connectivity index (χ1) is 12.6. The Hall–Kier alpha value is -2.51. The van der Waals surface area contributed by atoms with Gasteiger partial charge in [0, 0.05) is 12.3 Å². The van der Waals surface area contributed by atoms with Crippen molar-refractivity contribution in [1.29, 1.82) is 0 Å². The van der Waals surface area contributed by atoms with Crippen LogP contribution in [0.5, 0.6) is 0 Å². The fourth-order valence-corrected chi connectivity index (χ4v) is 3.17. The second-order valence-electron chi connectivity index (χ2n) is 5.55. The van der Waals surface area contributed by atoms with E-state index in [1.165, 1.54) is 29.6 Å². The first kappa shape index (κ1) is 18.3. The third kappa shape index (κ3) is 4.77. The Bertz CT molecular complexity index is 844. The van der Waals surface area contributed by atoms with Crippen LogP contribution in [0.1, 0.15) is 17.2 Å². The standard InChI is InChI=1S/C19H17F2N3OS/c20-14-7-4-8-15(21)19(14)16(25)9-23-17-10-22-11-18(24-17)26-12-13-5-2-1-3-6-13/h1-8,10-11,16,25H,9,12H2,(H,23,24). The predicted octanol–water partition coefficient (Wildman–Crippen LogP) is 4.19. The maximum absolute atomic E-state index is 13.7. The van der Waals surface area contributed by atoms with Gasteiger partial charge in [0.2, 0.25) is 0 Å². The Morgan fingerprint density at radius 1 is 1.00 bits per heavy atom. The van der Waals surface area contributed by atoms with Gasteiger partial charge in [-0.25, -0.2) is 13.8 Å². The molecule has 0 radical (unpaired) electrons. The number of aromatic nitrogens is 2. The van der Waals surface area contributed by atoms with Crippen LogP contribution in [0.2, 0.25) is 0 Å². The first-order valence-electron chi connectivity index (χ1n) is 7.98. The lowest BCUT2D eigenvalue weighted by Crippen LogP contribution is -2.16. The van der Waals surface area contributed by atoms with Crippen molar-refractivity contribution in [2.24, 2.45) is 0 Å². The molecule has 3 aromatic rings. The zero-order valence-electron chi connectivity index (χ0n) is 13.8. The minimum Gasteiger partial charge on any atom is -0.386 e. The van der Waals surface area contributed by atoms with E-state index in [9.17, 15) is 13.9 Å². The lowest BCUT2D eigenvalue weighted by atomic mass is 10.1. The third-order valence-electron chi connectivity index (χ3n) is 3.65. The monoisotopic (exact) mass is 373 g/mol. The van der Waals surface area contributed by atoms with Gasteiger partial charge < -0.3 is 10.4 Å². The van der Waals surface area contributed by atoms with E-state index in [4.69, 9.17) is 0 Å². The van der Waals surface area contributed by atoms with E-state index in [0.717, 1.165) is 17.9 Å². The molecule has 0 fully saturated rings. The summed E-state index contributed by atoms with van der Waals surface area (Å²) in [6.07, 6.45) is 1.81. The Labute approximate surface area is 154 Å². The predicted molar refractivity (Wildman–Crippen MR) is 97.8 cm³/mol. The quantitative estimate of drug-likeness (QED) is 0.608. The summed E-state index contributed by atoms with van der Waals surface area (Å²) < 4.78 is 27.4. The van der Waals surface area contributed by atoms with Crippen molar-refractivity contribution in [1.82, 2.24) is 9.97 Å². The summed E-state index contributed by atoms with van der Waals surface area (Å²) in [6, 6.07) is 13.5. The smallest absolute Gasteiger partial charge is 0.145 e. The van der Waals surface area contributed by atoms with Crippen molar-refractivity contribution in [2.45, 2.75) is 16.9 Å². The van der Waals surface area contributed by atoms with Gasteiger partial charge in [-0.2, -0.15) is 0 Å². The van der Waals surface area contributed by atoms with Crippen molar-refractivity contribution < 1.29 is 13.9 Å². The largest absolute Gasteiger partial charge is 0.386 e. The molecule has 0 bridgehead atoms. The highest BCUT2D eigenvalue weighted by Crippen LogP contribution is 2.23. The molecule has 0 saturated heterocycles. The van der Waals surface area contributed by atoms with Gasteiger partial charge in [-0.05, 0) is 17.7 Å². The zero-order valence-corrected chi connectivity index (χ0v) is 14.6. The van der Waals surface area contributed by atoms with Crippen molar-refractivity contribution in [3.05, 3.63) is 83.7 Å². The summed E-state index contributed by atoms with van der Waals surface area (Å²) in [5, 5.41) is 13.6. The summed E-state index contributed by atoms with van der Waals surface area (Å²) in [5.41, 5.74) is 0.811. The molecule has 0 aliphatic carbocycles. The minimum atomic E-state index is -1.33. The molecule has 7 heteroatoms. The number of nitrogens with one attached hydrogen (secondary N) is 1.